The van der Waals surface area contributed by atoms with Crippen LogP contribution in [0.15, 0.2) is 48.8 Å². The van der Waals surface area contributed by atoms with Gasteiger partial charge in [-0.3, -0.25) is 9.59 Å². The molecular weight excluding hydrogens is 716 g/mol. The number of hydrogen-bond donors (Lipinski definition) is 5. The van der Waals surface area contributed by atoms with Crippen molar-refractivity contribution in [2.24, 2.45) is 11.8 Å². The number of carboxylic acid groups (broad SMARTS) is 1. The standard InChI is InChI=1S/C41H50N8O7/c1-22(2)34(46-40(52)53)38(50)48-14-6-8-32(48)36-42-18-30(44-36)24-10-12-28-26(16-24)20-56-21-27-17-25(11-13-29(27)28)31-19-43-37(45-31)33-9-7-15-49(33)39(51)35(23(3)4)47-41(54)55-5/h10-13,16-19,22-23,32-35,46H,6-9,14-15,20-21H2,1-5H3,(H,42,44)(H,43,45)(H,47,54)(H,52,53)/t32-,33-,34-,35-/m0/s1. The summed E-state index contributed by atoms with van der Waals surface area (Å²) in [6, 6.07) is 10.5. The largest absolute Gasteiger partial charge is 0.465 e. The second-order valence-corrected chi connectivity index (χ2v) is 15.5. The number of H-pyrrole nitrogens is 2. The first kappa shape index (κ1) is 38.6. The number of carbonyl (C=O) groups is 4. The molecule has 0 unspecified atom stereocenters. The molecule has 4 amide bonds. The highest BCUT2D eigenvalue weighted by Gasteiger charge is 2.39. The first-order valence-corrected chi connectivity index (χ1v) is 19.3. The van der Waals surface area contributed by atoms with Gasteiger partial charge in [0, 0.05) is 24.8 Å². The molecule has 5 heterocycles. The predicted octanol–water partition coefficient (Wildman–Crippen LogP) is 6.16. The third-order valence-electron chi connectivity index (χ3n) is 11.1. The van der Waals surface area contributed by atoms with Crippen LogP contribution in [0, 0.1) is 11.8 Å². The average molecular weight is 767 g/mol. The van der Waals surface area contributed by atoms with Gasteiger partial charge in [-0.2, -0.15) is 0 Å². The van der Waals surface area contributed by atoms with Crippen molar-refractivity contribution in [2.45, 2.75) is 90.8 Å². The molecule has 2 saturated heterocycles. The number of nitrogens with zero attached hydrogens (tertiary/aromatic N) is 4. The minimum atomic E-state index is -1.22. The number of hydrogen-bond acceptors (Lipinski definition) is 8. The molecule has 0 radical (unpaired) electrons. The molecule has 5 N–H and O–H groups in total. The van der Waals surface area contributed by atoms with Crippen LogP contribution in [0.1, 0.15) is 88.2 Å². The van der Waals surface area contributed by atoms with E-state index in [0.717, 1.165) is 70.5 Å². The number of rotatable bonds is 10. The van der Waals surface area contributed by atoms with Gasteiger partial charge in [0.2, 0.25) is 11.8 Å². The molecule has 4 atom stereocenters. The molecule has 296 valence electrons. The van der Waals surface area contributed by atoms with Crippen LogP contribution in [0.25, 0.3) is 33.6 Å². The number of alkyl carbamates (subject to hydrolysis) is 1. The monoisotopic (exact) mass is 766 g/mol. The number of nitrogens with one attached hydrogen (secondary N) is 4. The van der Waals surface area contributed by atoms with Crippen LogP contribution in [-0.2, 0) is 32.3 Å². The molecule has 3 aliphatic rings. The van der Waals surface area contributed by atoms with Crippen LogP contribution in [0.2, 0.25) is 0 Å². The summed E-state index contributed by atoms with van der Waals surface area (Å²) in [5.41, 5.74) is 7.70. The molecule has 2 aromatic heterocycles. The van der Waals surface area contributed by atoms with E-state index in [0.29, 0.717) is 38.0 Å². The van der Waals surface area contributed by atoms with E-state index in [4.69, 9.17) is 14.5 Å². The molecule has 56 heavy (non-hydrogen) atoms. The molecule has 7 rings (SSSR count). The van der Waals surface area contributed by atoms with Gasteiger partial charge in [-0.1, -0.05) is 52.0 Å². The Bertz CT molecular complexity index is 2110. The normalized spacial score (nSPS) is 19.0. The molecule has 2 fully saturated rings. The molecule has 15 nitrogen and oxygen atoms in total. The van der Waals surface area contributed by atoms with Crippen molar-refractivity contribution in [3.05, 3.63) is 71.6 Å². The maximum Gasteiger partial charge on any atom is 0.407 e. The molecule has 0 spiro atoms. The first-order valence-electron chi connectivity index (χ1n) is 19.3. The fourth-order valence-electron chi connectivity index (χ4n) is 8.19. The van der Waals surface area contributed by atoms with Gasteiger partial charge in [0.25, 0.3) is 0 Å². The van der Waals surface area contributed by atoms with Gasteiger partial charge in [-0.25, -0.2) is 19.6 Å². The summed E-state index contributed by atoms with van der Waals surface area (Å²) in [5.74, 6) is 0.684. The maximum atomic E-state index is 13.6. The fourth-order valence-corrected chi connectivity index (χ4v) is 8.19. The Balaban J connectivity index is 1.08. The van der Waals surface area contributed by atoms with Crippen LogP contribution in [0.5, 0.6) is 0 Å². The highest BCUT2D eigenvalue weighted by atomic mass is 16.5. The van der Waals surface area contributed by atoms with E-state index in [9.17, 15) is 24.3 Å². The van der Waals surface area contributed by atoms with Crippen molar-refractivity contribution < 1.29 is 33.8 Å². The van der Waals surface area contributed by atoms with Gasteiger partial charge in [0.05, 0.1) is 50.0 Å². The van der Waals surface area contributed by atoms with Crippen LogP contribution in [0.4, 0.5) is 9.59 Å². The van der Waals surface area contributed by atoms with E-state index in [-0.39, 0.29) is 35.7 Å². The molecule has 3 aliphatic heterocycles. The minimum absolute atomic E-state index is 0.117. The molecule has 0 aliphatic carbocycles. The Labute approximate surface area is 325 Å². The van der Waals surface area contributed by atoms with E-state index in [2.05, 4.69) is 62.0 Å². The number of aromatic nitrogens is 4. The zero-order chi connectivity index (χ0) is 39.7. The van der Waals surface area contributed by atoms with Crippen molar-refractivity contribution >= 4 is 24.0 Å². The Morgan fingerprint density at radius 2 is 1.41 bits per heavy atom. The van der Waals surface area contributed by atoms with Crippen molar-refractivity contribution in [3.63, 3.8) is 0 Å². The molecule has 2 aromatic carbocycles. The number of methoxy groups -OCH3 is 1. The second kappa shape index (κ2) is 16.2. The lowest BCUT2D eigenvalue weighted by molar-refractivity contribution is -0.136. The van der Waals surface area contributed by atoms with Gasteiger partial charge in [-0.15, -0.1) is 0 Å². The number of amides is 4. The highest BCUT2D eigenvalue weighted by molar-refractivity contribution is 5.87. The number of benzene rings is 2. The van der Waals surface area contributed by atoms with Gasteiger partial charge in [-0.05, 0) is 77.5 Å². The summed E-state index contributed by atoms with van der Waals surface area (Å²) in [5, 5.41) is 14.4. The van der Waals surface area contributed by atoms with Crippen LogP contribution >= 0.6 is 0 Å². The summed E-state index contributed by atoms with van der Waals surface area (Å²) in [6.07, 6.45) is 4.95. The molecule has 4 aromatic rings. The van der Waals surface area contributed by atoms with E-state index < -0.39 is 24.3 Å². The summed E-state index contributed by atoms with van der Waals surface area (Å²) < 4.78 is 11.0. The van der Waals surface area contributed by atoms with Gasteiger partial charge in [0.15, 0.2) is 0 Å². The lowest BCUT2D eigenvalue weighted by Gasteiger charge is -2.29. The van der Waals surface area contributed by atoms with E-state index in [1.165, 1.54) is 7.11 Å². The van der Waals surface area contributed by atoms with Crippen LogP contribution < -0.4 is 10.6 Å². The maximum absolute atomic E-state index is 13.6. The van der Waals surface area contributed by atoms with Crippen LogP contribution in [0.3, 0.4) is 0 Å². The number of imidazole rings is 2. The lowest BCUT2D eigenvalue weighted by Crippen LogP contribution is -2.51. The second-order valence-electron chi connectivity index (χ2n) is 15.5. The fraction of sp³-hybridized carbons (Fsp3) is 0.463. The van der Waals surface area contributed by atoms with Crippen molar-refractivity contribution in [3.8, 4) is 33.6 Å². The van der Waals surface area contributed by atoms with Gasteiger partial charge < -0.3 is 45.0 Å². The van der Waals surface area contributed by atoms with E-state index >= 15 is 0 Å². The van der Waals surface area contributed by atoms with Crippen molar-refractivity contribution in [1.82, 2.24) is 40.4 Å². The third kappa shape index (κ3) is 7.72. The van der Waals surface area contributed by atoms with E-state index in [1.807, 2.05) is 33.9 Å². The van der Waals surface area contributed by atoms with Gasteiger partial charge >= 0.3 is 12.2 Å². The lowest BCUT2D eigenvalue weighted by atomic mass is 9.93. The van der Waals surface area contributed by atoms with Crippen LogP contribution in [-0.4, -0.2) is 91.1 Å². The number of aromatic amines is 2. The third-order valence-corrected chi connectivity index (χ3v) is 11.1. The van der Waals surface area contributed by atoms with Crippen molar-refractivity contribution in [1.29, 1.82) is 0 Å². The minimum Gasteiger partial charge on any atom is -0.465 e. The SMILES string of the molecule is COC(=O)N[C@H](C(=O)N1CCC[C@H]1c1nc(-c2ccc3c(c2)COCc2cc(-c4cnc([C@@H]5CCCN5C(=O)[C@@H](NC(=O)O)C(C)C)[nH]4)ccc2-3)c[nH]1)C(C)C. The molecule has 0 bridgehead atoms. The Kier molecular flexibility index (Phi) is 11.1. The molecule has 0 saturated carbocycles. The van der Waals surface area contributed by atoms with Crippen molar-refractivity contribution in [2.75, 3.05) is 20.2 Å². The summed E-state index contributed by atoms with van der Waals surface area (Å²) in [6.45, 7) is 9.42. The Morgan fingerprint density at radius 1 is 0.839 bits per heavy atom. The molecular formula is C41H50N8O7. The summed E-state index contributed by atoms with van der Waals surface area (Å²) >= 11 is 0. The topological polar surface area (TPSA) is 195 Å². The number of fused-ring (bicyclic) bond motifs is 3. The number of carbonyl (C=O) groups excluding carboxylic acids is 3. The zero-order valence-electron chi connectivity index (χ0n) is 32.4. The molecule has 15 heteroatoms. The Hall–Kier alpha value is -5.70. The van der Waals surface area contributed by atoms with E-state index in [1.54, 1.807) is 16.0 Å². The number of ether oxygens (including phenoxy) is 2. The average Bonchev–Trinajstić information content (AvgIpc) is 4.01. The zero-order valence-corrected chi connectivity index (χ0v) is 32.4. The smallest absolute Gasteiger partial charge is 0.407 e. The van der Waals surface area contributed by atoms with Gasteiger partial charge in [0.1, 0.15) is 23.7 Å². The summed E-state index contributed by atoms with van der Waals surface area (Å²) in [4.78, 5) is 70.4. The quantitative estimate of drug-likeness (QED) is 0.126. The first-order chi connectivity index (χ1) is 26.9. The predicted molar refractivity (Wildman–Crippen MR) is 207 cm³/mol. The highest BCUT2D eigenvalue weighted by Crippen LogP contribution is 2.38. The number of likely N-dealkylation sites (tertiary alicyclic amines) is 2. The summed E-state index contributed by atoms with van der Waals surface area (Å²) in [7, 11) is 1.29. The Morgan fingerprint density at radius 3 is 2.00 bits per heavy atom.